The summed E-state index contributed by atoms with van der Waals surface area (Å²) >= 11 is 0. The Morgan fingerprint density at radius 1 is 1.22 bits per heavy atom. The van der Waals surface area contributed by atoms with Crippen LogP contribution in [0, 0.1) is 26.2 Å². The van der Waals surface area contributed by atoms with Crippen LogP contribution in [0.1, 0.15) is 28.9 Å². The zero-order valence-electron chi connectivity index (χ0n) is 11.0. The second kappa shape index (κ2) is 5.55. The molecule has 0 aliphatic rings. The van der Waals surface area contributed by atoms with Crippen LogP contribution in [0.4, 0.5) is 0 Å². The Labute approximate surface area is 109 Å². The normalized spacial score (nSPS) is 10.3. The van der Waals surface area contributed by atoms with Crippen molar-refractivity contribution in [1.29, 1.82) is 0 Å². The van der Waals surface area contributed by atoms with Crippen molar-refractivity contribution in [1.82, 2.24) is 9.78 Å². The molecule has 1 heterocycles. The minimum absolute atomic E-state index is 0.776. The van der Waals surface area contributed by atoms with Crippen molar-refractivity contribution in [2.24, 2.45) is 0 Å². The lowest BCUT2D eigenvalue weighted by Crippen LogP contribution is -2.04. The van der Waals surface area contributed by atoms with Crippen molar-refractivity contribution < 1.29 is 0 Å². The lowest BCUT2D eigenvalue weighted by atomic mass is 10.1. The predicted molar refractivity (Wildman–Crippen MR) is 74.4 cm³/mol. The maximum absolute atomic E-state index is 5.33. The van der Waals surface area contributed by atoms with E-state index < -0.39 is 0 Å². The second-order valence-electron chi connectivity index (χ2n) is 4.50. The lowest BCUT2D eigenvalue weighted by Gasteiger charge is -2.05. The van der Waals surface area contributed by atoms with Gasteiger partial charge in [-0.05, 0) is 31.4 Å². The van der Waals surface area contributed by atoms with Gasteiger partial charge in [0.15, 0.2) is 0 Å². The number of rotatable bonds is 4. The minimum Gasteiger partial charge on any atom is -0.265 e. The average Bonchev–Trinajstić information content (AvgIpc) is 2.64. The van der Waals surface area contributed by atoms with E-state index in [2.05, 4.69) is 53.8 Å². The van der Waals surface area contributed by atoms with Crippen LogP contribution in [0.15, 0.2) is 30.3 Å². The molecule has 0 amide bonds. The monoisotopic (exact) mass is 238 g/mol. The van der Waals surface area contributed by atoms with Crippen molar-refractivity contribution in [3.63, 3.8) is 0 Å². The maximum Gasteiger partial charge on any atom is 0.0662 e. The van der Waals surface area contributed by atoms with Crippen molar-refractivity contribution in [2.75, 3.05) is 0 Å². The molecule has 0 fully saturated rings. The smallest absolute Gasteiger partial charge is 0.0662 e. The molecule has 0 bridgehead atoms. The number of nitrogens with zero attached hydrogens (tertiary/aromatic N) is 2. The van der Waals surface area contributed by atoms with Crippen LogP contribution in [0.3, 0.4) is 0 Å². The van der Waals surface area contributed by atoms with Gasteiger partial charge in [-0.2, -0.15) is 5.10 Å². The lowest BCUT2D eigenvalue weighted by molar-refractivity contribution is 0.658. The highest BCUT2D eigenvalue weighted by molar-refractivity contribution is 5.26. The molecule has 0 spiro atoms. The van der Waals surface area contributed by atoms with E-state index in [4.69, 9.17) is 6.42 Å². The van der Waals surface area contributed by atoms with Crippen LogP contribution in [-0.4, -0.2) is 9.78 Å². The van der Waals surface area contributed by atoms with E-state index >= 15 is 0 Å². The molecule has 18 heavy (non-hydrogen) atoms. The van der Waals surface area contributed by atoms with Crippen LogP contribution < -0.4 is 0 Å². The minimum atomic E-state index is 0.776. The first-order valence-electron chi connectivity index (χ1n) is 6.22. The summed E-state index contributed by atoms with van der Waals surface area (Å²) in [6.07, 6.45) is 7.03. The third-order valence-corrected chi connectivity index (χ3v) is 3.23. The molecule has 2 heteroatoms. The third-order valence-electron chi connectivity index (χ3n) is 3.23. The van der Waals surface area contributed by atoms with Gasteiger partial charge in [-0.3, -0.25) is 4.68 Å². The van der Waals surface area contributed by atoms with E-state index in [1.54, 1.807) is 0 Å². The number of hydrogen-bond donors (Lipinski definition) is 0. The summed E-state index contributed by atoms with van der Waals surface area (Å²) in [6, 6.07) is 10.4. The van der Waals surface area contributed by atoms with Crippen LogP contribution in [-0.2, 0) is 13.0 Å². The molecular formula is C16H18N2. The van der Waals surface area contributed by atoms with E-state index in [0.29, 0.717) is 0 Å². The Kier molecular flexibility index (Phi) is 3.84. The van der Waals surface area contributed by atoms with Crippen molar-refractivity contribution in [3.05, 3.63) is 52.8 Å². The first kappa shape index (κ1) is 12.4. The molecule has 0 saturated carbocycles. The van der Waals surface area contributed by atoms with E-state index in [1.807, 2.05) is 6.07 Å². The topological polar surface area (TPSA) is 17.8 Å². The maximum atomic E-state index is 5.33. The highest BCUT2D eigenvalue weighted by atomic mass is 15.3. The van der Waals surface area contributed by atoms with Crippen molar-refractivity contribution in [3.8, 4) is 12.3 Å². The highest BCUT2D eigenvalue weighted by Gasteiger charge is 2.10. The Balaban J connectivity index is 2.22. The molecule has 0 saturated heterocycles. The van der Waals surface area contributed by atoms with Gasteiger partial charge in [0.1, 0.15) is 0 Å². The molecule has 2 nitrogen and oxygen atoms in total. The first-order chi connectivity index (χ1) is 8.72. The van der Waals surface area contributed by atoms with Gasteiger partial charge in [0.25, 0.3) is 0 Å². The summed E-state index contributed by atoms with van der Waals surface area (Å²) in [5.41, 5.74) is 4.89. The standard InChI is InChI=1S/C16H18N2/c1-4-5-11-16-13(2)17-18(14(16)3)12-15-9-7-6-8-10-15/h1,6-10H,5,11-12H2,2-3H3. The summed E-state index contributed by atoms with van der Waals surface area (Å²) in [4.78, 5) is 0. The summed E-state index contributed by atoms with van der Waals surface area (Å²) in [6.45, 7) is 5.00. The summed E-state index contributed by atoms with van der Waals surface area (Å²) in [7, 11) is 0. The molecule has 0 aliphatic carbocycles. The quantitative estimate of drug-likeness (QED) is 0.748. The molecule has 0 radical (unpaired) electrons. The molecule has 1 aromatic carbocycles. The van der Waals surface area contributed by atoms with E-state index in [1.165, 1.54) is 16.8 Å². The summed E-state index contributed by atoms with van der Waals surface area (Å²) in [5.74, 6) is 2.69. The van der Waals surface area contributed by atoms with Gasteiger partial charge in [-0.1, -0.05) is 30.3 Å². The molecule has 2 aromatic rings. The van der Waals surface area contributed by atoms with Gasteiger partial charge in [-0.25, -0.2) is 0 Å². The van der Waals surface area contributed by atoms with Crippen LogP contribution in [0.5, 0.6) is 0 Å². The average molecular weight is 238 g/mol. The first-order valence-corrected chi connectivity index (χ1v) is 6.22. The summed E-state index contributed by atoms with van der Waals surface area (Å²) < 4.78 is 2.07. The largest absolute Gasteiger partial charge is 0.265 e. The molecule has 0 atom stereocenters. The van der Waals surface area contributed by atoms with Gasteiger partial charge in [0, 0.05) is 12.1 Å². The van der Waals surface area contributed by atoms with Crippen LogP contribution in [0.25, 0.3) is 0 Å². The zero-order valence-corrected chi connectivity index (χ0v) is 11.0. The molecule has 1 aromatic heterocycles. The molecule has 0 N–H and O–H groups in total. The predicted octanol–water partition coefficient (Wildman–Crippen LogP) is 3.11. The Morgan fingerprint density at radius 3 is 2.61 bits per heavy atom. The summed E-state index contributed by atoms with van der Waals surface area (Å²) in [5, 5.41) is 4.61. The third kappa shape index (κ3) is 2.62. The van der Waals surface area contributed by atoms with E-state index in [-0.39, 0.29) is 0 Å². The Hall–Kier alpha value is -2.01. The fourth-order valence-electron chi connectivity index (χ4n) is 2.20. The van der Waals surface area contributed by atoms with Gasteiger partial charge in [0.05, 0.1) is 12.2 Å². The fourth-order valence-corrected chi connectivity index (χ4v) is 2.20. The SMILES string of the molecule is C#CCCc1c(C)nn(Cc2ccccc2)c1C. The molecule has 92 valence electrons. The number of hydrogen-bond acceptors (Lipinski definition) is 1. The Bertz CT molecular complexity index is 559. The van der Waals surface area contributed by atoms with Gasteiger partial charge >= 0.3 is 0 Å². The number of aromatic nitrogens is 2. The van der Waals surface area contributed by atoms with Crippen LogP contribution >= 0.6 is 0 Å². The van der Waals surface area contributed by atoms with Crippen LogP contribution in [0.2, 0.25) is 0 Å². The highest BCUT2D eigenvalue weighted by Crippen LogP contribution is 2.16. The number of terminal acetylenes is 1. The van der Waals surface area contributed by atoms with Gasteiger partial charge < -0.3 is 0 Å². The Morgan fingerprint density at radius 2 is 1.94 bits per heavy atom. The molecule has 0 unspecified atom stereocenters. The number of benzene rings is 1. The fraction of sp³-hybridized carbons (Fsp3) is 0.312. The zero-order chi connectivity index (χ0) is 13.0. The van der Waals surface area contributed by atoms with Gasteiger partial charge in [0.2, 0.25) is 0 Å². The van der Waals surface area contributed by atoms with Crippen molar-refractivity contribution in [2.45, 2.75) is 33.2 Å². The molecule has 2 rings (SSSR count). The van der Waals surface area contributed by atoms with Crippen molar-refractivity contribution >= 4 is 0 Å². The second-order valence-corrected chi connectivity index (χ2v) is 4.50. The number of aryl methyl sites for hydroxylation is 1. The van der Waals surface area contributed by atoms with Gasteiger partial charge in [-0.15, -0.1) is 12.3 Å². The van der Waals surface area contributed by atoms with E-state index in [9.17, 15) is 0 Å². The molecule has 0 aliphatic heterocycles. The molecular weight excluding hydrogens is 220 g/mol. The van der Waals surface area contributed by atoms with E-state index in [0.717, 1.165) is 25.1 Å².